The van der Waals surface area contributed by atoms with Crippen molar-refractivity contribution in [3.05, 3.63) is 211 Å². The van der Waals surface area contributed by atoms with Crippen LogP contribution in [0.25, 0.3) is 69.9 Å². The lowest BCUT2D eigenvalue weighted by Crippen LogP contribution is -2.34. The van der Waals surface area contributed by atoms with Crippen LogP contribution in [0.5, 0.6) is 0 Å². The van der Waals surface area contributed by atoms with Crippen LogP contribution < -0.4 is 5.32 Å². The molecule has 11 rings (SSSR count). The number of nitrogens with zero attached hydrogens (tertiary/aromatic N) is 3. The van der Waals surface area contributed by atoms with Crippen LogP contribution in [-0.2, 0) is 0 Å². The van der Waals surface area contributed by atoms with Gasteiger partial charge in [0.2, 0.25) is 0 Å². The number of thiophene rings is 1. The van der Waals surface area contributed by atoms with E-state index >= 15 is 0 Å². The smallest absolute Gasteiger partial charge is 0.159 e. The Morgan fingerprint density at radius 2 is 1.09 bits per heavy atom. The van der Waals surface area contributed by atoms with E-state index in [0.29, 0.717) is 5.84 Å². The second-order valence-electron chi connectivity index (χ2n) is 14.2. The Morgan fingerprint density at radius 3 is 1.88 bits per heavy atom. The number of benzene rings is 8. The first kappa shape index (κ1) is 32.4. The van der Waals surface area contributed by atoms with Gasteiger partial charge in [0, 0.05) is 47.6 Å². The van der Waals surface area contributed by atoms with Crippen molar-refractivity contribution in [2.45, 2.75) is 6.17 Å². The molecule has 1 aliphatic heterocycles. The molecule has 4 nitrogen and oxygen atoms in total. The Kier molecular flexibility index (Phi) is 7.71. The van der Waals surface area contributed by atoms with Crippen LogP contribution in [0.4, 0.5) is 0 Å². The number of fused-ring (bicyclic) bond motifs is 6. The molecule has 1 aliphatic rings. The van der Waals surface area contributed by atoms with E-state index in [-0.39, 0.29) is 6.17 Å². The molecule has 0 fully saturated rings. The molecule has 264 valence electrons. The number of rotatable bonds is 6. The highest BCUT2D eigenvalue weighted by molar-refractivity contribution is 7.26. The van der Waals surface area contributed by atoms with Crippen molar-refractivity contribution in [1.82, 2.24) is 9.88 Å². The number of hydrogen-bond donors (Lipinski definition) is 1. The summed E-state index contributed by atoms with van der Waals surface area (Å²) in [6, 6.07) is 69.1. The Labute approximate surface area is 328 Å². The molecule has 0 amide bonds. The van der Waals surface area contributed by atoms with Gasteiger partial charge >= 0.3 is 0 Å². The highest BCUT2D eigenvalue weighted by Gasteiger charge is 2.25. The summed E-state index contributed by atoms with van der Waals surface area (Å²) in [4.78, 5) is 10.4. The maximum atomic E-state index is 5.32. The average Bonchev–Trinajstić information content (AvgIpc) is 3.81. The van der Waals surface area contributed by atoms with Gasteiger partial charge in [-0.2, -0.15) is 0 Å². The number of para-hydroxylation sites is 2. The topological polar surface area (TPSA) is 41.7 Å². The Hall–Kier alpha value is -7.08. The van der Waals surface area contributed by atoms with Gasteiger partial charge in [-0.05, 0) is 46.5 Å². The molecule has 1 N–H and O–H groups in total. The van der Waals surface area contributed by atoms with Gasteiger partial charge < -0.3 is 9.88 Å². The summed E-state index contributed by atoms with van der Waals surface area (Å²) in [6.45, 7) is 0. The highest BCUT2D eigenvalue weighted by atomic mass is 32.1. The fourth-order valence-electron chi connectivity index (χ4n) is 8.21. The van der Waals surface area contributed by atoms with Crippen LogP contribution in [0.1, 0.15) is 22.9 Å². The molecule has 10 aromatic rings. The number of aromatic nitrogens is 1. The first-order valence-electron chi connectivity index (χ1n) is 18.9. The van der Waals surface area contributed by atoms with Crippen LogP contribution in [-0.4, -0.2) is 16.2 Å². The van der Waals surface area contributed by atoms with Crippen molar-refractivity contribution in [1.29, 1.82) is 0 Å². The van der Waals surface area contributed by atoms with E-state index in [4.69, 9.17) is 9.98 Å². The van der Waals surface area contributed by atoms with Gasteiger partial charge in [-0.1, -0.05) is 170 Å². The van der Waals surface area contributed by atoms with Crippen LogP contribution in [0.3, 0.4) is 0 Å². The minimum Gasteiger partial charge on any atom is -0.344 e. The summed E-state index contributed by atoms with van der Waals surface area (Å²) in [5, 5.41) is 8.81. The molecule has 0 saturated carbocycles. The normalized spacial score (nSPS) is 14.2. The van der Waals surface area contributed by atoms with Crippen molar-refractivity contribution in [3.63, 3.8) is 0 Å². The van der Waals surface area contributed by atoms with E-state index in [1.165, 1.54) is 58.7 Å². The van der Waals surface area contributed by atoms with Gasteiger partial charge in [0.05, 0.1) is 16.7 Å². The molecule has 2 aromatic heterocycles. The number of aliphatic imine (C=N–C) groups is 2. The number of hydrogen-bond acceptors (Lipinski definition) is 4. The van der Waals surface area contributed by atoms with Gasteiger partial charge in [0.25, 0.3) is 0 Å². The van der Waals surface area contributed by atoms with Crippen molar-refractivity contribution in [2.24, 2.45) is 9.98 Å². The maximum Gasteiger partial charge on any atom is 0.159 e. The van der Waals surface area contributed by atoms with Gasteiger partial charge in [-0.15, -0.1) is 11.3 Å². The Morgan fingerprint density at radius 1 is 0.464 bits per heavy atom. The van der Waals surface area contributed by atoms with Crippen LogP contribution in [0.2, 0.25) is 0 Å². The minimum absolute atomic E-state index is 0.389. The maximum absolute atomic E-state index is 5.32. The molecule has 5 heteroatoms. The first-order valence-corrected chi connectivity index (χ1v) is 19.8. The molecule has 1 atom stereocenters. The Balaban J connectivity index is 1.08. The zero-order valence-corrected chi connectivity index (χ0v) is 31.1. The van der Waals surface area contributed by atoms with Crippen LogP contribution in [0.15, 0.2) is 204 Å². The monoisotopic (exact) mass is 734 g/mol. The predicted octanol–water partition coefficient (Wildman–Crippen LogP) is 13.0. The van der Waals surface area contributed by atoms with Gasteiger partial charge in [0.1, 0.15) is 12.0 Å². The zero-order valence-electron chi connectivity index (χ0n) is 30.3. The molecule has 3 heterocycles. The molecule has 0 bridgehead atoms. The zero-order chi connectivity index (χ0) is 37.0. The summed E-state index contributed by atoms with van der Waals surface area (Å²) in [6.07, 6.45) is -0.389. The van der Waals surface area contributed by atoms with Gasteiger partial charge in [-0.3, -0.25) is 0 Å². The van der Waals surface area contributed by atoms with E-state index in [0.717, 1.165) is 33.7 Å². The van der Waals surface area contributed by atoms with E-state index in [9.17, 15) is 0 Å². The largest absolute Gasteiger partial charge is 0.344 e. The molecular weight excluding hydrogens is 701 g/mol. The summed E-state index contributed by atoms with van der Waals surface area (Å²) < 4.78 is 5.02. The Bertz CT molecular complexity index is 3140. The lowest BCUT2D eigenvalue weighted by atomic mass is 10.0. The molecule has 0 spiro atoms. The van der Waals surface area contributed by atoms with Crippen molar-refractivity contribution < 1.29 is 0 Å². The van der Waals surface area contributed by atoms with Crippen molar-refractivity contribution in [3.8, 4) is 27.9 Å². The quantitative estimate of drug-likeness (QED) is 0.182. The number of nitrogens with one attached hydrogen (secondary N) is 1. The summed E-state index contributed by atoms with van der Waals surface area (Å²) in [5.41, 5.74) is 11.3. The summed E-state index contributed by atoms with van der Waals surface area (Å²) >= 11 is 1.88. The first-order chi connectivity index (χ1) is 27.8. The predicted molar refractivity (Wildman–Crippen MR) is 236 cm³/mol. The fraction of sp³-hybridized carbons (Fsp3) is 0.0196. The second kappa shape index (κ2) is 13.3. The lowest BCUT2D eigenvalue weighted by molar-refractivity contribution is 0.670. The van der Waals surface area contributed by atoms with E-state index in [1.54, 1.807) is 0 Å². The fourth-order valence-corrected chi connectivity index (χ4v) is 9.46. The molecule has 0 radical (unpaired) electrons. The van der Waals surface area contributed by atoms with Crippen molar-refractivity contribution >= 4 is 65.0 Å². The van der Waals surface area contributed by atoms with Crippen LogP contribution >= 0.6 is 11.3 Å². The highest BCUT2D eigenvalue weighted by Crippen LogP contribution is 2.44. The molecule has 0 saturated heterocycles. The summed E-state index contributed by atoms with van der Waals surface area (Å²) in [7, 11) is 0. The SMILES string of the molecule is c1ccc(C2=NC(c3ccccc3-n3c4ccccc4c4cc5c(cc43)sc3c(-c4ccccc4)cccc35)NC(c3ccc(-c4ccccc4)cc3)=N2)cc1. The molecule has 1 unspecified atom stereocenters. The minimum atomic E-state index is -0.389. The third kappa shape index (κ3) is 5.44. The van der Waals surface area contributed by atoms with Gasteiger partial charge in [0.15, 0.2) is 5.84 Å². The van der Waals surface area contributed by atoms with Crippen molar-refractivity contribution in [2.75, 3.05) is 0 Å². The number of amidine groups is 2. The lowest BCUT2D eigenvalue weighted by Gasteiger charge is -2.26. The molecule has 8 aromatic carbocycles. The molecule has 0 aliphatic carbocycles. The average molecular weight is 735 g/mol. The molecular formula is C51H34N4S. The summed E-state index contributed by atoms with van der Waals surface area (Å²) in [5.74, 6) is 1.50. The molecule has 56 heavy (non-hydrogen) atoms. The third-order valence-corrected chi connectivity index (χ3v) is 12.1. The van der Waals surface area contributed by atoms with E-state index < -0.39 is 0 Å². The second-order valence-corrected chi connectivity index (χ2v) is 15.2. The van der Waals surface area contributed by atoms with E-state index in [1.807, 2.05) is 35.6 Å². The third-order valence-electron chi connectivity index (χ3n) is 10.9. The van der Waals surface area contributed by atoms with Gasteiger partial charge in [-0.25, -0.2) is 9.98 Å². The van der Waals surface area contributed by atoms with E-state index in [2.05, 4.69) is 180 Å². The standard InChI is InChI=1S/C51H34N4S/c1-4-15-33(16-5-1)34-27-29-37(30-28-34)50-52-49(36-19-8-3-9-20-36)53-51(54-50)41-22-11-13-26-45(41)55-44-25-12-10-21-39(44)42-31-43-40-24-14-23-38(35-17-6-2-7-18-35)48(40)56-47(43)32-46(42)55/h1-32,51H,(H,52,53,54). The van der Waals surface area contributed by atoms with Crippen LogP contribution in [0, 0.1) is 0 Å².